The predicted molar refractivity (Wildman–Crippen MR) is 100 cm³/mol. The molecule has 0 spiro atoms. The van der Waals surface area contributed by atoms with Gasteiger partial charge in [0.2, 0.25) is 5.91 Å². The number of rotatable bonds is 6. The lowest BCUT2D eigenvalue weighted by Crippen LogP contribution is -2.38. The number of carboxylic acid groups (broad SMARTS) is 1. The summed E-state index contributed by atoms with van der Waals surface area (Å²) >= 11 is 6.08. The van der Waals surface area contributed by atoms with E-state index in [0.29, 0.717) is 5.69 Å². The van der Waals surface area contributed by atoms with Crippen molar-refractivity contribution in [3.63, 3.8) is 0 Å². The highest BCUT2D eigenvalue weighted by Crippen LogP contribution is 2.29. The first kappa shape index (κ1) is 18.9. The van der Waals surface area contributed by atoms with Gasteiger partial charge in [0.15, 0.2) is 6.61 Å². The first-order valence-electron chi connectivity index (χ1n) is 8.49. The number of amides is 1. The van der Waals surface area contributed by atoms with E-state index < -0.39 is 12.6 Å². The molecule has 1 saturated heterocycles. The third-order valence-corrected chi connectivity index (χ3v) is 4.59. The van der Waals surface area contributed by atoms with Gasteiger partial charge in [0, 0.05) is 37.1 Å². The fourth-order valence-electron chi connectivity index (χ4n) is 2.90. The van der Waals surface area contributed by atoms with E-state index in [0.717, 1.165) is 31.7 Å². The van der Waals surface area contributed by atoms with Gasteiger partial charge in [0.25, 0.3) is 0 Å². The number of hydrogen-bond acceptors (Lipinski definition) is 6. The average Bonchev–Trinajstić information content (AvgIpc) is 2.68. The molecule has 142 valence electrons. The van der Waals surface area contributed by atoms with Crippen molar-refractivity contribution in [2.75, 3.05) is 29.9 Å². The van der Waals surface area contributed by atoms with E-state index in [-0.39, 0.29) is 22.6 Å². The monoisotopic (exact) mass is 390 g/mol. The minimum Gasteiger partial charge on any atom is -0.480 e. The highest BCUT2D eigenvalue weighted by molar-refractivity contribution is 6.32. The van der Waals surface area contributed by atoms with Gasteiger partial charge in [-0.05, 0) is 31.0 Å². The standard InChI is InChI=1S/C18H19ClN4O4/c19-14-9-13(1-2-15(14)27-11-17(24)25)22-18(26)12-3-7-23(8-4-12)16-10-20-5-6-21-16/h1-2,5-6,9-10,12H,3-4,7-8,11H2,(H,22,26)(H,24,25). The number of anilines is 2. The largest absolute Gasteiger partial charge is 0.480 e. The van der Waals surface area contributed by atoms with Crippen molar-refractivity contribution in [2.45, 2.75) is 12.8 Å². The Bertz CT molecular complexity index is 810. The molecular weight excluding hydrogens is 372 g/mol. The van der Waals surface area contributed by atoms with Crippen LogP contribution in [0.4, 0.5) is 11.5 Å². The van der Waals surface area contributed by atoms with Crippen molar-refractivity contribution in [3.05, 3.63) is 41.8 Å². The van der Waals surface area contributed by atoms with Gasteiger partial charge in [-0.3, -0.25) is 9.78 Å². The third-order valence-electron chi connectivity index (χ3n) is 4.29. The zero-order valence-electron chi connectivity index (χ0n) is 14.5. The Kier molecular flexibility index (Phi) is 6.08. The van der Waals surface area contributed by atoms with Gasteiger partial charge in [-0.25, -0.2) is 9.78 Å². The van der Waals surface area contributed by atoms with Crippen LogP contribution in [0, 0.1) is 5.92 Å². The molecule has 2 N–H and O–H groups in total. The molecule has 27 heavy (non-hydrogen) atoms. The molecule has 3 rings (SSSR count). The summed E-state index contributed by atoms with van der Waals surface area (Å²) in [5, 5.41) is 11.7. The van der Waals surface area contributed by atoms with Crippen molar-refractivity contribution >= 4 is 35.0 Å². The van der Waals surface area contributed by atoms with Gasteiger partial charge >= 0.3 is 5.97 Å². The molecule has 0 atom stereocenters. The molecule has 0 bridgehead atoms. The Morgan fingerprint density at radius 3 is 2.70 bits per heavy atom. The lowest BCUT2D eigenvalue weighted by molar-refractivity contribution is -0.139. The summed E-state index contributed by atoms with van der Waals surface area (Å²) in [5.41, 5.74) is 0.545. The molecule has 1 aromatic heterocycles. The van der Waals surface area contributed by atoms with Gasteiger partial charge in [0.1, 0.15) is 11.6 Å². The second-order valence-corrected chi connectivity index (χ2v) is 6.55. The fourth-order valence-corrected chi connectivity index (χ4v) is 3.14. The molecule has 1 fully saturated rings. The van der Waals surface area contributed by atoms with Crippen LogP contribution in [0.5, 0.6) is 5.75 Å². The molecule has 0 saturated carbocycles. The third kappa shape index (κ3) is 5.07. The summed E-state index contributed by atoms with van der Waals surface area (Å²) in [5.74, 6) is -0.172. The number of ether oxygens (including phenoxy) is 1. The number of aromatic nitrogens is 2. The van der Waals surface area contributed by atoms with Crippen LogP contribution in [-0.4, -0.2) is 46.6 Å². The Labute approximate surface area is 161 Å². The number of piperidine rings is 1. The molecule has 1 aliphatic heterocycles. The van der Waals surface area contributed by atoms with Crippen LogP contribution in [0.25, 0.3) is 0 Å². The van der Waals surface area contributed by atoms with E-state index in [1.807, 2.05) is 0 Å². The van der Waals surface area contributed by atoms with Gasteiger partial charge < -0.3 is 20.1 Å². The summed E-state index contributed by atoms with van der Waals surface area (Å²) in [6.45, 7) is 0.995. The number of hydrogen-bond donors (Lipinski definition) is 2. The smallest absolute Gasteiger partial charge is 0.341 e. The summed E-state index contributed by atoms with van der Waals surface area (Å²) in [6, 6.07) is 4.72. The number of aliphatic carboxylic acids is 1. The molecule has 2 heterocycles. The first-order valence-corrected chi connectivity index (χ1v) is 8.86. The maximum atomic E-state index is 12.5. The Balaban J connectivity index is 1.53. The zero-order valence-corrected chi connectivity index (χ0v) is 15.2. The van der Waals surface area contributed by atoms with E-state index in [2.05, 4.69) is 20.2 Å². The summed E-state index contributed by atoms with van der Waals surface area (Å²) in [4.78, 5) is 33.5. The number of carboxylic acids is 1. The van der Waals surface area contributed by atoms with Crippen molar-refractivity contribution in [2.24, 2.45) is 5.92 Å². The number of benzene rings is 1. The summed E-state index contributed by atoms with van der Waals surface area (Å²) in [6.07, 6.45) is 6.44. The zero-order chi connectivity index (χ0) is 19.2. The Morgan fingerprint density at radius 1 is 1.30 bits per heavy atom. The molecule has 9 heteroatoms. The van der Waals surface area contributed by atoms with Crippen LogP contribution in [-0.2, 0) is 9.59 Å². The number of halogens is 1. The molecule has 0 radical (unpaired) electrons. The maximum Gasteiger partial charge on any atom is 0.341 e. The number of nitrogens with one attached hydrogen (secondary N) is 1. The number of carbonyl (C=O) groups excluding carboxylic acids is 1. The van der Waals surface area contributed by atoms with E-state index >= 15 is 0 Å². The van der Waals surface area contributed by atoms with Crippen molar-refractivity contribution in [3.8, 4) is 5.75 Å². The summed E-state index contributed by atoms with van der Waals surface area (Å²) in [7, 11) is 0. The SMILES string of the molecule is O=C(O)COc1ccc(NC(=O)C2CCN(c3cnccn3)CC2)cc1Cl. The van der Waals surface area contributed by atoms with Crippen LogP contribution in [0.15, 0.2) is 36.8 Å². The highest BCUT2D eigenvalue weighted by Gasteiger charge is 2.25. The minimum absolute atomic E-state index is 0.0657. The fraction of sp³-hybridized carbons (Fsp3) is 0.333. The van der Waals surface area contributed by atoms with Crippen molar-refractivity contribution in [1.82, 2.24) is 9.97 Å². The first-order chi connectivity index (χ1) is 13.0. The van der Waals surface area contributed by atoms with Gasteiger partial charge in [0.05, 0.1) is 11.2 Å². The minimum atomic E-state index is -1.09. The van der Waals surface area contributed by atoms with Gasteiger partial charge in [-0.1, -0.05) is 11.6 Å². The second kappa shape index (κ2) is 8.68. The molecule has 0 aliphatic carbocycles. The van der Waals surface area contributed by atoms with Gasteiger partial charge in [-0.2, -0.15) is 0 Å². The van der Waals surface area contributed by atoms with Crippen LogP contribution in [0.1, 0.15) is 12.8 Å². The predicted octanol–water partition coefficient (Wildman–Crippen LogP) is 2.45. The molecule has 1 aromatic carbocycles. The number of carbonyl (C=O) groups is 2. The van der Waals surface area contributed by atoms with Crippen LogP contribution in [0.2, 0.25) is 5.02 Å². The Hall–Kier alpha value is -2.87. The van der Waals surface area contributed by atoms with E-state index in [1.54, 1.807) is 30.7 Å². The molecule has 0 unspecified atom stereocenters. The topological polar surface area (TPSA) is 105 Å². The maximum absolute atomic E-state index is 12.5. The molecular formula is C18H19ClN4O4. The molecule has 2 aromatic rings. The molecule has 1 amide bonds. The Morgan fingerprint density at radius 2 is 2.07 bits per heavy atom. The molecule has 8 nitrogen and oxygen atoms in total. The molecule has 1 aliphatic rings. The normalized spacial score (nSPS) is 14.6. The van der Waals surface area contributed by atoms with Crippen LogP contribution >= 0.6 is 11.6 Å². The van der Waals surface area contributed by atoms with Crippen LogP contribution < -0.4 is 15.0 Å². The van der Waals surface area contributed by atoms with E-state index in [1.165, 1.54) is 6.07 Å². The second-order valence-electron chi connectivity index (χ2n) is 6.14. The quantitative estimate of drug-likeness (QED) is 0.780. The lowest BCUT2D eigenvalue weighted by Gasteiger charge is -2.31. The lowest BCUT2D eigenvalue weighted by atomic mass is 9.96. The van der Waals surface area contributed by atoms with E-state index in [9.17, 15) is 9.59 Å². The van der Waals surface area contributed by atoms with Crippen LogP contribution in [0.3, 0.4) is 0 Å². The number of nitrogens with zero attached hydrogens (tertiary/aromatic N) is 3. The highest BCUT2D eigenvalue weighted by atomic mass is 35.5. The summed E-state index contributed by atoms with van der Waals surface area (Å²) < 4.78 is 5.07. The average molecular weight is 391 g/mol. The van der Waals surface area contributed by atoms with E-state index in [4.69, 9.17) is 21.4 Å². The van der Waals surface area contributed by atoms with Gasteiger partial charge in [-0.15, -0.1) is 0 Å². The van der Waals surface area contributed by atoms with Crippen molar-refractivity contribution < 1.29 is 19.4 Å². The van der Waals surface area contributed by atoms with Crippen molar-refractivity contribution in [1.29, 1.82) is 0 Å².